The van der Waals surface area contributed by atoms with Crippen LogP contribution >= 0.6 is 0 Å². The molecule has 0 amide bonds. The lowest BCUT2D eigenvalue weighted by Crippen LogP contribution is -2.48. The van der Waals surface area contributed by atoms with Crippen molar-refractivity contribution in [3.8, 4) is 39.6 Å². The second-order valence-corrected chi connectivity index (χ2v) is 21.2. The summed E-state index contributed by atoms with van der Waals surface area (Å²) in [4.78, 5) is 9.62. The van der Waals surface area contributed by atoms with Gasteiger partial charge in [0.1, 0.15) is 29.3 Å². The number of aromatic nitrogens is 2. The van der Waals surface area contributed by atoms with E-state index in [1.165, 1.54) is 82.6 Å². The Morgan fingerprint density at radius 3 is 1.97 bits per heavy atom. The van der Waals surface area contributed by atoms with Crippen LogP contribution in [0.5, 0.6) is 11.5 Å². The van der Waals surface area contributed by atoms with Crippen LogP contribution in [0.15, 0.2) is 170 Å². The summed E-state index contributed by atoms with van der Waals surface area (Å²) in [6, 6.07) is 54.8. The Morgan fingerprint density at radius 1 is 0.627 bits per heavy atom. The molecule has 67 heavy (non-hydrogen) atoms. The largest absolute Gasteiger partial charge is 0.457 e. The third-order valence-corrected chi connectivity index (χ3v) is 15.8. The van der Waals surface area contributed by atoms with Gasteiger partial charge in [-0.2, -0.15) is 0 Å². The van der Waals surface area contributed by atoms with Gasteiger partial charge in [-0.1, -0.05) is 118 Å². The van der Waals surface area contributed by atoms with E-state index in [1.807, 2.05) is 18.5 Å². The Kier molecular flexibility index (Phi) is 9.16. The van der Waals surface area contributed by atoms with Crippen LogP contribution in [-0.2, 0) is 15.6 Å². The Bertz CT molecular complexity index is 3230. The van der Waals surface area contributed by atoms with Crippen LogP contribution in [0.2, 0.25) is 0 Å². The highest BCUT2D eigenvalue weighted by molar-refractivity contribution is 6.10. The van der Waals surface area contributed by atoms with Gasteiger partial charge in [-0.05, 0) is 149 Å². The van der Waals surface area contributed by atoms with Crippen molar-refractivity contribution in [2.45, 2.75) is 70.1 Å². The lowest BCUT2D eigenvalue weighted by Gasteiger charge is -2.57. The molecule has 14 rings (SSSR count). The van der Waals surface area contributed by atoms with E-state index in [4.69, 9.17) is 14.5 Å². The molecule has 6 nitrogen and oxygen atoms in total. The van der Waals surface area contributed by atoms with Crippen molar-refractivity contribution in [3.63, 3.8) is 0 Å². The van der Waals surface area contributed by atoms with E-state index >= 15 is 0 Å². The fourth-order valence-corrected chi connectivity index (χ4v) is 13.1. The zero-order valence-electron chi connectivity index (χ0n) is 38.9. The average molecular weight is 877 g/mol. The molecule has 2 aromatic heterocycles. The van der Waals surface area contributed by atoms with Crippen LogP contribution in [0, 0.1) is 17.8 Å². The molecule has 6 aliphatic rings. The van der Waals surface area contributed by atoms with E-state index in [0.717, 1.165) is 69.0 Å². The first-order valence-electron chi connectivity index (χ1n) is 24.3. The smallest absolute Gasteiger partial charge is 0.225 e. The molecule has 6 aromatic carbocycles. The maximum Gasteiger partial charge on any atom is 0.225 e. The molecule has 0 radical (unpaired) electrons. The topological polar surface area (TPSA) is 42.8 Å². The SMILES string of the molecule is CN1CN2C(c3cccc(Oc4ccc5c6cc(C78CC9CC(CC(C9)C7)C8)ccc6n(-c6cc(C(C)(C)C)ccn6)c5c4)c3)=COC2=C1c1c(-c2ccccc2)cccc1-c1ccccc1. The number of pyridine rings is 1. The molecule has 0 atom stereocenters. The van der Waals surface area contributed by atoms with Gasteiger partial charge in [-0.3, -0.25) is 9.47 Å². The molecular formula is C61H56N4O2. The minimum absolute atomic E-state index is 0.0123. The lowest BCUT2D eigenvalue weighted by molar-refractivity contribution is -0.00512. The number of fused-ring (bicyclic) bond motifs is 4. The van der Waals surface area contributed by atoms with Gasteiger partial charge in [0.2, 0.25) is 5.88 Å². The molecule has 6 heteroatoms. The van der Waals surface area contributed by atoms with Crippen LogP contribution in [0.4, 0.5) is 0 Å². The maximum absolute atomic E-state index is 6.85. The first kappa shape index (κ1) is 40.2. The summed E-state index contributed by atoms with van der Waals surface area (Å²) in [5.74, 6) is 6.00. The number of nitrogens with zero attached hydrogens (tertiary/aromatic N) is 4. The molecule has 0 unspecified atom stereocenters. The molecule has 4 aliphatic carbocycles. The number of ether oxygens (including phenoxy) is 2. The van der Waals surface area contributed by atoms with Crippen molar-refractivity contribution in [1.82, 2.24) is 19.4 Å². The van der Waals surface area contributed by atoms with Gasteiger partial charge < -0.3 is 14.4 Å². The summed E-state index contributed by atoms with van der Waals surface area (Å²) < 4.78 is 15.8. The van der Waals surface area contributed by atoms with Crippen molar-refractivity contribution in [1.29, 1.82) is 0 Å². The Hall–Kier alpha value is -7.05. The van der Waals surface area contributed by atoms with Crippen LogP contribution in [-0.4, -0.2) is 33.1 Å². The second-order valence-electron chi connectivity index (χ2n) is 21.2. The van der Waals surface area contributed by atoms with Gasteiger partial charge in [0.15, 0.2) is 0 Å². The van der Waals surface area contributed by atoms with E-state index in [9.17, 15) is 0 Å². The third kappa shape index (κ3) is 6.70. The lowest BCUT2D eigenvalue weighted by atomic mass is 9.48. The van der Waals surface area contributed by atoms with E-state index in [0.29, 0.717) is 12.1 Å². The highest BCUT2D eigenvalue weighted by Gasteiger charge is 2.51. The summed E-state index contributed by atoms with van der Waals surface area (Å²) in [7, 11) is 2.16. The molecule has 0 N–H and O–H groups in total. The Balaban J connectivity index is 0.863. The Morgan fingerprint density at radius 2 is 1.28 bits per heavy atom. The van der Waals surface area contributed by atoms with Gasteiger partial charge in [-0.25, -0.2) is 4.98 Å². The van der Waals surface area contributed by atoms with Gasteiger partial charge in [0, 0.05) is 41.2 Å². The third-order valence-electron chi connectivity index (χ3n) is 15.8. The first-order chi connectivity index (χ1) is 32.7. The molecule has 332 valence electrons. The van der Waals surface area contributed by atoms with Crippen molar-refractivity contribution >= 4 is 33.2 Å². The van der Waals surface area contributed by atoms with Crippen LogP contribution < -0.4 is 4.74 Å². The van der Waals surface area contributed by atoms with Gasteiger partial charge >= 0.3 is 0 Å². The molecule has 2 aliphatic heterocycles. The minimum Gasteiger partial charge on any atom is -0.457 e. The molecule has 4 saturated carbocycles. The molecule has 4 heterocycles. The summed E-state index contributed by atoms with van der Waals surface area (Å²) >= 11 is 0. The number of hydrogen-bond acceptors (Lipinski definition) is 5. The maximum atomic E-state index is 6.85. The van der Waals surface area contributed by atoms with E-state index in [1.54, 1.807) is 5.56 Å². The summed E-state index contributed by atoms with van der Waals surface area (Å²) in [6.45, 7) is 7.46. The van der Waals surface area contributed by atoms with Gasteiger partial charge in [0.25, 0.3) is 0 Å². The zero-order chi connectivity index (χ0) is 45.0. The van der Waals surface area contributed by atoms with Gasteiger partial charge in [0.05, 0.1) is 23.4 Å². The zero-order valence-corrected chi connectivity index (χ0v) is 38.9. The monoisotopic (exact) mass is 876 g/mol. The quantitative estimate of drug-likeness (QED) is 0.152. The van der Waals surface area contributed by atoms with E-state index in [2.05, 4.69) is 188 Å². The fourth-order valence-electron chi connectivity index (χ4n) is 13.1. The molecule has 8 aromatic rings. The molecule has 0 saturated heterocycles. The fraction of sp³-hybridized carbons (Fsp3) is 0.262. The second kappa shape index (κ2) is 15.2. The minimum atomic E-state index is -0.0123. The molecule has 4 bridgehead atoms. The summed E-state index contributed by atoms with van der Waals surface area (Å²) in [6.07, 6.45) is 12.3. The number of rotatable bonds is 8. The number of benzene rings is 6. The predicted octanol–water partition coefficient (Wildman–Crippen LogP) is 14.9. The van der Waals surface area contributed by atoms with Crippen LogP contribution in [0.1, 0.15) is 81.5 Å². The molecular weight excluding hydrogens is 821 g/mol. The first-order valence-corrected chi connectivity index (χ1v) is 24.3. The van der Waals surface area contributed by atoms with Crippen molar-refractivity contribution < 1.29 is 9.47 Å². The normalized spacial score (nSPS) is 21.9. The van der Waals surface area contributed by atoms with Crippen molar-refractivity contribution in [2.24, 2.45) is 17.8 Å². The van der Waals surface area contributed by atoms with E-state index < -0.39 is 0 Å². The molecule has 0 spiro atoms. The summed E-state index contributed by atoms with van der Waals surface area (Å²) in [5.41, 5.74) is 14.3. The number of hydrogen-bond donors (Lipinski definition) is 0. The Labute approximate surface area is 393 Å². The predicted molar refractivity (Wildman–Crippen MR) is 271 cm³/mol. The highest BCUT2D eigenvalue weighted by Crippen LogP contribution is 2.61. The molecule has 4 fully saturated rings. The van der Waals surface area contributed by atoms with Crippen molar-refractivity contribution in [3.05, 3.63) is 192 Å². The standard InChI is InChI=1S/C61H56N4O2/c1-60(2,3)45-25-26-62-56(32-45)65-53-24-21-46(61-34-39-27-40(35-61)29-41(28-39)36-61)31-52(53)51-23-22-48(33-54(51)65)67-47-18-11-17-44(30-47)55-37-66-59-58(63(4)38-64(55)59)57-49(42-13-7-5-8-14-42)19-12-20-50(57)43-15-9-6-10-16-43/h5-26,30-33,37,39-41H,27-29,34-36,38H2,1-4H3. The van der Waals surface area contributed by atoms with Crippen LogP contribution in [0.25, 0.3) is 61.3 Å². The van der Waals surface area contributed by atoms with Crippen molar-refractivity contribution in [2.75, 3.05) is 13.7 Å². The average Bonchev–Trinajstić information content (AvgIpc) is 4.00. The van der Waals surface area contributed by atoms with Gasteiger partial charge in [-0.15, -0.1) is 0 Å². The summed E-state index contributed by atoms with van der Waals surface area (Å²) in [5, 5.41) is 2.53. The highest BCUT2D eigenvalue weighted by atomic mass is 16.5. The van der Waals surface area contributed by atoms with E-state index in [-0.39, 0.29) is 5.41 Å². The van der Waals surface area contributed by atoms with Crippen LogP contribution in [0.3, 0.4) is 0 Å².